The molecule has 1 aromatic carbocycles. The molecular formula is C17H28N2O2S. The molecule has 2 N–H and O–H groups in total. The van der Waals surface area contributed by atoms with Gasteiger partial charge in [0, 0.05) is 33.9 Å². The van der Waals surface area contributed by atoms with Crippen LogP contribution >= 0.6 is 0 Å². The van der Waals surface area contributed by atoms with E-state index in [1.165, 1.54) is 5.56 Å². The standard InChI is InChI=1S/C17H28N2O2S/c1-5-15(13-14-9-7-6-8-10-14)19-16(20)18-11-12-22(21)17(2,3)4/h6-10,15H,5,11-13H2,1-4H3,(H2,18,19,20)/t15-,22+/m1/s1. The number of carbonyl (C=O) groups is 1. The zero-order valence-corrected chi connectivity index (χ0v) is 14.8. The van der Waals surface area contributed by atoms with Crippen molar-refractivity contribution in [2.75, 3.05) is 12.3 Å². The number of urea groups is 1. The van der Waals surface area contributed by atoms with E-state index in [0.717, 1.165) is 12.8 Å². The van der Waals surface area contributed by atoms with Crippen molar-refractivity contribution in [2.45, 2.75) is 51.3 Å². The lowest BCUT2D eigenvalue weighted by atomic mass is 10.0. The highest BCUT2D eigenvalue weighted by atomic mass is 32.2. The molecule has 4 nitrogen and oxygen atoms in total. The Morgan fingerprint density at radius 2 is 1.86 bits per heavy atom. The number of hydrogen-bond donors (Lipinski definition) is 2. The molecule has 0 unspecified atom stereocenters. The fourth-order valence-corrected chi connectivity index (χ4v) is 2.90. The number of hydrogen-bond acceptors (Lipinski definition) is 2. The van der Waals surface area contributed by atoms with Crippen molar-refractivity contribution in [1.29, 1.82) is 0 Å². The minimum absolute atomic E-state index is 0.107. The van der Waals surface area contributed by atoms with Gasteiger partial charge in [0.15, 0.2) is 0 Å². The summed E-state index contributed by atoms with van der Waals surface area (Å²) in [6, 6.07) is 10.0. The Morgan fingerprint density at radius 3 is 2.41 bits per heavy atom. The van der Waals surface area contributed by atoms with Crippen molar-refractivity contribution in [3.8, 4) is 0 Å². The molecular weight excluding hydrogens is 296 g/mol. The molecule has 1 rings (SSSR count). The molecule has 22 heavy (non-hydrogen) atoms. The smallest absolute Gasteiger partial charge is 0.315 e. The van der Waals surface area contributed by atoms with Crippen LogP contribution in [0.5, 0.6) is 0 Å². The van der Waals surface area contributed by atoms with Gasteiger partial charge < -0.3 is 10.6 Å². The first-order chi connectivity index (χ1) is 10.3. The topological polar surface area (TPSA) is 58.2 Å². The summed E-state index contributed by atoms with van der Waals surface area (Å²) in [6.07, 6.45) is 1.69. The van der Waals surface area contributed by atoms with E-state index in [9.17, 15) is 9.00 Å². The van der Waals surface area contributed by atoms with Gasteiger partial charge >= 0.3 is 6.03 Å². The van der Waals surface area contributed by atoms with E-state index < -0.39 is 10.8 Å². The van der Waals surface area contributed by atoms with Gasteiger partial charge in [-0.05, 0) is 39.2 Å². The van der Waals surface area contributed by atoms with Crippen LogP contribution in [-0.4, -0.2) is 33.3 Å². The minimum Gasteiger partial charge on any atom is -0.337 e. The van der Waals surface area contributed by atoms with Gasteiger partial charge in [-0.3, -0.25) is 4.21 Å². The van der Waals surface area contributed by atoms with Crippen LogP contribution in [0.3, 0.4) is 0 Å². The minimum atomic E-state index is -0.942. The first kappa shape index (κ1) is 18.7. The second kappa shape index (κ2) is 8.93. The summed E-state index contributed by atoms with van der Waals surface area (Å²) < 4.78 is 11.7. The SMILES string of the molecule is CC[C@H](Cc1ccccc1)NC(=O)NCC[S@](=O)C(C)(C)C. The third-order valence-corrected chi connectivity index (χ3v) is 5.35. The van der Waals surface area contributed by atoms with Crippen molar-refractivity contribution in [3.05, 3.63) is 35.9 Å². The predicted octanol–water partition coefficient (Wildman–Crippen LogP) is 2.85. The van der Waals surface area contributed by atoms with Crippen LogP contribution in [0, 0.1) is 0 Å². The third kappa shape index (κ3) is 7.07. The summed E-state index contributed by atoms with van der Waals surface area (Å²) in [4.78, 5) is 11.9. The molecule has 0 saturated heterocycles. The van der Waals surface area contributed by atoms with Gasteiger partial charge in [-0.15, -0.1) is 0 Å². The van der Waals surface area contributed by atoms with E-state index in [-0.39, 0.29) is 16.8 Å². The molecule has 0 saturated carbocycles. The summed E-state index contributed by atoms with van der Waals surface area (Å²) in [5.41, 5.74) is 1.21. The summed E-state index contributed by atoms with van der Waals surface area (Å²) in [5.74, 6) is 0.479. The zero-order chi connectivity index (χ0) is 16.6. The number of nitrogens with one attached hydrogen (secondary N) is 2. The molecule has 5 heteroatoms. The fraction of sp³-hybridized carbons (Fsp3) is 0.588. The van der Waals surface area contributed by atoms with Crippen molar-refractivity contribution < 1.29 is 9.00 Å². The molecule has 1 aromatic rings. The normalized spacial score (nSPS) is 14.2. The Bertz CT molecular complexity index is 483. The first-order valence-corrected chi connectivity index (χ1v) is 9.11. The lowest BCUT2D eigenvalue weighted by Gasteiger charge is -2.19. The summed E-state index contributed by atoms with van der Waals surface area (Å²) >= 11 is 0. The van der Waals surface area contributed by atoms with Gasteiger partial charge in [-0.2, -0.15) is 0 Å². The maximum atomic E-state index is 11.9. The van der Waals surface area contributed by atoms with Crippen LogP contribution in [0.1, 0.15) is 39.7 Å². The number of rotatable bonds is 7. The van der Waals surface area contributed by atoms with Crippen LogP contribution in [0.4, 0.5) is 4.79 Å². The molecule has 0 heterocycles. The van der Waals surface area contributed by atoms with Crippen molar-refractivity contribution >= 4 is 16.8 Å². The summed E-state index contributed by atoms with van der Waals surface area (Å²) in [5, 5.41) is 5.77. The van der Waals surface area contributed by atoms with Gasteiger partial charge in [-0.25, -0.2) is 4.79 Å². The quantitative estimate of drug-likeness (QED) is 0.810. The molecule has 0 aliphatic carbocycles. The van der Waals surface area contributed by atoms with E-state index in [1.54, 1.807) is 0 Å². The second-order valence-electron chi connectivity index (χ2n) is 6.36. The highest BCUT2D eigenvalue weighted by Crippen LogP contribution is 2.10. The van der Waals surface area contributed by atoms with Gasteiger partial charge in [0.1, 0.15) is 0 Å². The lowest BCUT2D eigenvalue weighted by molar-refractivity contribution is 0.237. The van der Waals surface area contributed by atoms with Crippen molar-refractivity contribution in [2.24, 2.45) is 0 Å². The number of carbonyl (C=O) groups excluding carboxylic acids is 1. The van der Waals surface area contributed by atoms with E-state index >= 15 is 0 Å². The van der Waals surface area contributed by atoms with Gasteiger partial charge in [0.25, 0.3) is 0 Å². The van der Waals surface area contributed by atoms with E-state index in [0.29, 0.717) is 12.3 Å². The van der Waals surface area contributed by atoms with E-state index in [1.807, 2.05) is 39.0 Å². The monoisotopic (exact) mass is 324 g/mol. The molecule has 0 aliphatic rings. The second-order valence-corrected chi connectivity index (χ2v) is 8.68. The Kier molecular flexibility index (Phi) is 7.59. The van der Waals surface area contributed by atoms with E-state index in [2.05, 4.69) is 29.7 Å². The molecule has 2 atom stereocenters. The van der Waals surface area contributed by atoms with Gasteiger partial charge in [0.2, 0.25) is 0 Å². The van der Waals surface area contributed by atoms with Crippen molar-refractivity contribution in [1.82, 2.24) is 10.6 Å². The van der Waals surface area contributed by atoms with Gasteiger partial charge in [0.05, 0.1) is 0 Å². The predicted molar refractivity (Wildman–Crippen MR) is 93.5 cm³/mol. The third-order valence-electron chi connectivity index (χ3n) is 3.41. The number of amides is 2. The van der Waals surface area contributed by atoms with Crippen LogP contribution in [0.15, 0.2) is 30.3 Å². The number of benzene rings is 1. The molecule has 124 valence electrons. The van der Waals surface area contributed by atoms with Crippen LogP contribution in [-0.2, 0) is 17.2 Å². The molecule has 0 fully saturated rings. The largest absolute Gasteiger partial charge is 0.337 e. The van der Waals surface area contributed by atoms with Gasteiger partial charge in [-0.1, -0.05) is 37.3 Å². The van der Waals surface area contributed by atoms with Crippen LogP contribution in [0.2, 0.25) is 0 Å². The maximum Gasteiger partial charge on any atom is 0.315 e. The summed E-state index contributed by atoms with van der Waals surface area (Å²) in [7, 11) is -0.942. The first-order valence-electron chi connectivity index (χ1n) is 7.79. The molecule has 0 radical (unpaired) electrons. The Morgan fingerprint density at radius 1 is 1.23 bits per heavy atom. The Balaban J connectivity index is 2.35. The Hall–Kier alpha value is -1.36. The molecule has 0 aromatic heterocycles. The average molecular weight is 324 g/mol. The highest BCUT2D eigenvalue weighted by Gasteiger charge is 2.19. The molecule has 0 aliphatic heterocycles. The maximum absolute atomic E-state index is 11.9. The van der Waals surface area contributed by atoms with Crippen molar-refractivity contribution in [3.63, 3.8) is 0 Å². The molecule has 0 spiro atoms. The molecule has 0 bridgehead atoms. The average Bonchev–Trinajstić information content (AvgIpc) is 2.46. The highest BCUT2D eigenvalue weighted by molar-refractivity contribution is 7.86. The van der Waals surface area contributed by atoms with E-state index in [4.69, 9.17) is 0 Å². The summed E-state index contributed by atoms with van der Waals surface area (Å²) in [6.45, 7) is 8.31. The fourth-order valence-electron chi connectivity index (χ4n) is 2.00. The Labute approximate surface area is 136 Å². The zero-order valence-electron chi connectivity index (χ0n) is 14.0. The van der Waals surface area contributed by atoms with Crippen LogP contribution < -0.4 is 10.6 Å². The lowest BCUT2D eigenvalue weighted by Crippen LogP contribution is -2.44. The molecule has 2 amide bonds. The van der Waals surface area contributed by atoms with Crippen LogP contribution in [0.25, 0.3) is 0 Å².